The zero-order valence-electron chi connectivity index (χ0n) is 19.0. The van der Waals surface area contributed by atoms with Crippen molar-refractivity contribution in [3.05, 3.63) is 90.0 Å². The molecular formula is C26H29N3O3S. The number of nitrogens with zero attached hydrogens (tertiary/aromatic N) is 3. The lowest BCUT2D eigenvalue weighted by Crippen LogP contribution is -2.49. The Morgan fingerprint density at radius 3 is 2.06 bits per heavy atom. The molecule has 0 aromatic heterocycles. The molecule has 0 bridgehead atoms. The zero-order chi connectivity index (χ0) is 23.4. The zero-order valence-corrected chi connectivity index (χ0v) is 19.8. The molecule has 33 heavy (non-hydrogen) atoms. The molecule has 3 aromatic carbocycles. The molecule has 6 nitrogen and oxygen atoms in total. The predicted octanol–water partition coefficient (Wildman–Crippen LogP) is 3.71. The topological polar surface area (TPSA) is 60.9 Å². The third-order valence-electron chi connectivity index (χ3n) is 6.09. The number of rotatable bonds is 6. The number of piperazine rings is 1. The van der Waals surface area contributed by atoms with Crippen LogP contribution < -0.4 is 9.21 Å². The van der Waals surface area contributed by atoms with E-state index in [1.54, 1.807) is 43.4 Å². The average molecular weight is 464 g/mol. The van der Waals surface area contributed by atoms with Gasteiger partial charge in [-0.3, -0.25) is 9.10 Å². The molecule has 4 rings (SSSR count). The van der Waals surface area contributed by atoms with Crippen LogP contribution in [0.4, 0.5) is 11.4 Å². The number of benzene rings is 3. The SMILES string of the molecule is Cc1ccc(S(=O)(=O)N(C)c2ccc(CC(=O)N3CCN(c4ccccc4)CC3)cc2)cc1. The monoisotopic (exact) mass is 463 g/mol. The third kappa shape index (κ3) is 5.20. The van der Waals surface area contributed by atoms with Crippen LogP contribution in [0.2, 0.25) is 0 Å². The predicted molar refractivity (Wildman–Crippen MR) is 132 cm³/mol. The first-order valence-corrected chi connectivity index (χ1v) is 12.5. The van der Waals surface area contributed by atoms with Gasteiger partial charge in [0.1, 0.15) is 0 Å². The number of amides is 1. The van der Waals surface area contributed by atoms with Gasteiger partial charge in [-0.2, -0.15) is 0 Å². The van der Waals surface area contributed by atoms with Crippen LogP contribution in [0.25, 0.3) is 0 Å². The van der Waals surface area contributed by atoms with Crippen molar-refractivity contribution < 1.29 is 13.2 Å². The van der Waals surface area contributed by atoms with Gasteiger partial charge in [-0.25, -0.2) is 8.42 Å². The van der Waals surface area contributed by atoms with Gasteiger partial charge in [-0.1, -0.05) is 48.0 Å². The minimum Gasteiger partial charge on any atom is -0.368 e. The number of para-hydroxylation sites is 1. The van der Waals surface area contributed by atoms with Crippen molar-refractivity contribution in [3.8, 4) is 0 Å². The smallest absolute Gasteiger partial charge is 0.264 e. The van der Waals surface area contributed by atoms with Crippen LogP contribution in [0.1, 0.15) is 11.1 Å². The molecule has 172 valence electrons. The molecule has 0 atom stereocenters. The highest BCUT2D eigenvalue weighted by Crippen LogP contribution is 2.23. The molecule has 0 radical (unpaired) electrons. The Morgan fingerprint density at radius 2 is 1.45 bits per heavy atom. The van der Waals surface area contributed by atoms with Crippen LogP contribution >= 0.6 is 0 Å². The first-order chi connectivity index (χ1) is 15.8. The second-order valence-electron chi connectivity index (χ2n) is 8.33. The Labute approximate surface area is 196 Å². The highest BCUT2D eigenvalue weighted by Gasteiger charge is 2.23. The summed E-state index contributed by atoms with van der Waals surface area (Å²) < 4.78 is 27.1. The summed E-state index contributed by atoms with van der Waals surface area (Å²) in [5.41, 5.74) is 3.62. The standard InChI is InChI=1S/C26H29N3O3S/c1-21-8-14-25(15-9-21)33(31,32)27(2)23-12-10-22(11-13-23)20-26(30)29-18-16-28(17-19-29)24-6-4-3-5-7-24/h3-15H,16-20H2,1-2H3. The Hall–Kier alpha value is -3.32. The number of hydrogen-bond donors (Lipinski definition) is 0. The summed E-state index contributed by atoms with van der Waals surface area (Å²) in [5.74, 6) is 0.0936. The summed E-state index contributed by atoms with van der Waals surface area (Å²) >= 11 is 0. The highest BCUT2D eigenvalue weighted by molar-refractivity contribution is 7.92. The molecule has 0 saturated carbocycles. The van der Waals surface area contributed by atoms with Crippen molar-refractivity contribution in [1.82, 2.24) is 4.90 Å². The molecule has 1 heterocycles. The van der Waals surface area contributed by atoms with Gasteiger partial charge >= 0.3 is 0 Å². The first kappa shape index (κ1) is 22.9. The maximum absolute atomic E-state index is 12.9. The van der Waals surface area contributed by atoms with Gasteiger partial charge in [0, 0.05) is 38.9 Å². The minimum absolute atomic E-state index is 0.0936. The normalized spacial score (nSPS) is 14.2. The number of hydrogen-bond acceptors (Lipinski definition) is 4. The third-order valence-corrected chi connectivity index (χ3v) is 7.89. The molecule has 7 heteroatoms. The summed E-state index contributed by atoms with van der Waals surface area (Å²) in [6.07, 6.45) is 0.306. The lowest BCUT2D eigenvalue weighted by molar-refractivity contribution is -0.130. The van der Waals surface area contributed by atoms with Gasteiger partial charge in [-0.05, 0) is 48.9 Å². The summed E-state index contributed by atoms with van der Waals surface area (Å²) in [6, 6.07) is 24.2. The number of aryl methyl sites for hydroxylation is 1. The van der Waals surface area contributed by atoms with Crippen molar-refractivity contribution in [1.29, 1.82) is 0 Å². The Morgan fingerprint density at radius 1 is 0.848 bits per heavy atom. The van der Waals surface area contributed by atoms with Gasteiger partial charge in [0.2, 0.25) is 5.91 Å². The molecule has 0 aliphatic carbocycles. The number of sulfonamides is 1. The van der Waals surface area contributed by atoms with Crippen LogP contribution in [-0.4, -0.2) is 52.5 Å². The van der Waals surface area contributed by atoms with E-state index in [4.69, 9.17) is 0 Å². The first-order valence-electron chi connectivity index (χ1n) is 11.1. The summed E-state index contributed by atoms with van der Waals surface area (Å²) in [7, 11) is -2.09. The van der Waals surface area contributed by atoms with Crippen LogP contribution in [0.5, 0.6) is 0 Å². The Balaban J connectivity index is 1.35. The van der Waals surface area contributed by atoms with Crippen LogP contribution in [0.3, 0.4) is 0 Å². The second kappa shape index (κ2) is 9.67. The molecular weight excluding hydrogens is 434 g/mol. The van der Waals surface area contributed by atoms with E-state index in [0.29, 0.717) is 25.2 Å². The van der Waals surface area contributed by atoms with Crippen molar-refractivity contribution in [3.63, 3.8) is 0 Å². The fourth-order valence-corrected chi connectivity index (χ4v) is 5.17. The van der Waals surface area contributed by atoms with Gasteiger partial charge < -0.3 is 9.80 Å². The van der Waals surface area contributed by atoms with E-state index in [-0.39, 0.29) is 10.8 Å². The summed E-state index contributed by atoms with van der Waals surface area (Å²) in [5, 5.41) is 0. The van der Waals surface area contributed by atoms with E-state index in [1.807, 2.05) is 42.2 Å². The molecule has 3 aromatic rings. The molecule has 1 fully saturated rings. The molecule has 0 spiro atoms. The number of anilines is 2. The van der Waals surface area contributed by atoms with Gasteiger partial charge in [0.25, 0.3) is 10.0 Å². The number of carbonyl (C=O) groups is 1. The molecule has 0 unspecified atom stereocenters. The second-order valence-corrected chi connectivity index (χ2v) is 10.3. The van der Waals surface area contributed by atoms with E-state index < -0.39 is 10.0 Å². The van der Waals surface area contributed by atoms with Crippen molar-refractivity contribution in [2.75, 3.05) is 42.4 Å². The lowest BCUT2D eigenvalue weighted by Gasteiger charge is -2.36. The Kier molecular flexibility index (Phi) is 6.70. The molecule has 1 saturated heterocycles. The fraction of sp³-hybridized carbons (Fsp3) is 0.269. The van der Waals surface area contributed by atoms with Crippen LogP contribution in [-0.2, 0) is 21.2 Å². The molecule has 1 aliphatic rings. The summed E-state index contributed by atoms with van der Waals surface area (Å²) in [6.45, 7) is 4.95. The highest BCUT2D eigenvalue weighted by atomic mass is 32.2. The lowest BCUT2D eigenvalue weighted by atomic mass is 10.1. The van der Waals surface area contributed by atoms with E-state index in [2.05, 4.69) is 17.0 Å². The minimum atomic E-state index is -3.64. The molecule has 0 N–H and O–H groups in total. The van der Waals surface area contributed by atoms with Crippen molar-refractivity contribution in [2.24, 2.45) is 0 Å². The Bertz CT molecular complexity index is 1190. The van der Waals surface area contributed by atoms with E-state index in [9.17, 15) is 13.2 Å². The van der Waals surface area contributed by atoms with Crippen LogP contribution in [0.15, 0.2) is 83.8 Å². The quantitative estimate of drug-likeness (QED) is 0.559. The fourth-order valence-electron chi connectivity index (χ4n) is 3.97. The molecule has 1 aliphatic heterocycles. The van der Waals surface area contributed by atoms with Crippen LogP contribution in [0, 0.1) is 6.92 Å². The van der Waals surface area contributed by atoms with E-state index >= 15 is 0 Å². The van der Waals surface area contributed by atoms with Gasteiger partial charge in [0.05, 0.1) is 17.0 Å². The summed E-state index contributed by atoms with van der Waals surface area (Å²) in [4.78, 5) is 17.3. The van der Waals surface area contributed by atoms with E-state index in [1.165, 1.54) is 9.99 Å². The molecule has 1 amide bonds. The largest absolute Gasteiger partial charge is 0.368 e. The van der Waals surface area contributed by atoms with Gasteiger partial charge in [0.15, 0.2) is 0 Å². The van der Waals surface area contributed by atoms with Gasteiger partial charge in [-0.15, -0.1) is 0 Å². The average Bonchev–Trinajstić information content (AvgIpc) is 2.85. The maximum Gasteiger partial charge on any atom is 0.264 e. The van der Waals surface area contributed by atoms with Crippen molar-refractivity contribution >= 4 is 27.3 Å². The van der Waals surface area contributed by atoms with Crippen molar-refractivity contribution in [2.45, 2.75) is 18.2 Å². The van der Waals surface area contributed by atoms with E-state index in [0.717, 1.165) is 24.2 Å². The number of carbonyl (C=O) groups excluding carboxylic acids is 1. The maximum atomic E-state index is 12.9.